The average molecular weight is 228 g/mol. The standard InChI is InChI=1S/C17H24/c1-9-4-12-6-13(9)17-8-15-11-3-2-10(5-11)14(15)7-16(12)17/h2-3,9-17H,4-8H2,1H3. The van der Waals surface area contributed by atoms with Gasteiger partial charge in [0.15, 0.2) is 0 Å². The summed E-state index contributed by atoms with van der Waals surface area (Å²) < 4.78 is 0. The van der Waals surface area contributed by atoms with Crippen molar-refractivity contribution in [1.29, 1.82) is 0 Å². The highest BCUT2D eigenvalue weighted by atomic mass is 14.6. The van der Waals surface area contributed by atoms with Crippen LogP contribution in [-0.2, 0) is 0 Å². The van der Waals surface area contributed by atoms with E-state index in [9.17, 15) is 0 Å². The van der Waals surface area contributed by atoms with E-state index in [1.165, 1.54) is 6.42 Å². The first kappa shape index (κ1) is 9.64. The Morgan fingerprint density at radius 3 is 2.12 bits per heavy atom. The van der Waals surface area contributed by atoms with Crippen LogP contribution >= 0.6 is 0 Å². The van der Waals surface area contributed by atoms with Crippen LogP contribution in [-0.4, -0.2) is 0 Å². The molecule has 0 saturated heterocycles. The smallest absolute Gasteiger partial charge is 0.0196 e. The Labute approximate surface area is 105 Å². The molecule has 0 aromatic rings. The van der Waals surface area contributed by atoms with Crippen molar-refractivity contribution in [1.82, 2.24) is 0 Å². The van der Waals surface area contributed by atoms with E-state index in [0.717, 1.165) is 53.3 Å². The normalized spacial score (nSPS) is 66.3. The van der Waals surface area contributed by atoms with Crippen LogP contribution in [0.5, 0.6) is 0 Å². The fraction of sp³-hybridized carbons (Fsp3) is 0.882. The van der Waals surface area contributed by atoms with Gasteiger partial charge in [-0.25, -0.2) is 0 Å². The van der Waals surface area contributed by atoms with Crippen LogP contribution in [0.2, 0.25) is 0 Å². The monoisotopic (exact) mass is 228 g/mol. The number of allylic oxidation sites excluding steroid dienone is 2. The molecule has 5 aliphatic rings. The minimum Gasteiger partial charge on any atom is -0.0848 e. The van der Waals surface area contributed by atoms with Crippen molar-refractivity contribution in [3.05, 3.63) is 12.2 Å². The molecule has 0 aromatic heterocycles. The summed E-state index contributed by atoms with van der Waals surface area (Å²) in [6.07, 6.45) is 13.1. The third kappa shape index (κ3) is 1.07. The number of hydrogen-bond donors (Lipinski definition) is 0. The van der Waals surface area contributed by atoms with Crippen LogP contribution < -0.4 is 0 Å². The first-order chi connectivity index (χ1) is 8.31. The Hall–Kier alpha value is -0.260. The van der Waals surface area contributed by atoms with Gasteiger partial charge in [0.2, 0.25) is 0 Å². The molecule has 0 amide bonds. The molecular formula is C17H24. The number of hydrogen-bond acceptors (Lipinski definition) is 0. The Morgan fingerprint density at radius 1 is 0.647 bits per heavy atom. The molecule has 5 aliphatic carbocycles. The lowest BCUT2D eigenvalue weighted by atomic mass is 9.59. The molecule has 0 radical (unpaired) electrons. The van der Waals surface area contributed by atoms with Crippen LogP contribution in [0.1, 0.15) is 39.0 Å². The van der Waals surface area contributed by atoms with Crippen molar-refractivity contribution in [2.24, 2.45) is 53.3 Å². The highest BCUT2D eigenvalue weighted by Gasteiger charge is 2.58. The summed E-state index contributed by atoms with van der Waals surface area (Å²) >= 11 is 0. The van der Waals surface area contributed by atoms with Gasteiger partial charge in [-0.15, -0.1) is 0 Å². The quantitative estimate of drug-likeness (QED) is 0.547. The topological polar surface area (TPSA) is 0 Å². The summed E-state index contributed by atoms with van der Waals surface area (Å²) in [5, 5.41) is 0. The van der Waals surface area contributed by atoms with Gasteiger partial charge in [-0.1, -0.05) is 19.1 Å². The van der Waals surface area contributed by atoms with Gasteiger partial charge >= 0.3 is 0 Å². The van der Waals surface area contributed by atoms with Crippen molar-refractivity contribution in [3.63, 3.8) is 0 Å². The zero-order chi connectivity index (χ0) is 11.1. The summed E-state index contributed by atoms with van der Waals surface area (Å²) in [5.41, 5.74) is 0. The molecule has 0 heterocycles. The predicted octanol–water partition coefficient (Wildman–Crippen LogP) is 4.13. The third-order valence-corrected chi connectivity index (χ3v) is 7.57. The Balaban J connectivity index is 1.48. The van der Waals surface area contributed by atoms with Crippen LogP contribution in [0.3, 0.4) is 0 Å². The maximum absolute atomic E-state index is 2.57. The Kier molecular flexibility index (Phi) is 1.70. The summed E-state index contributed by atoms with van der Waals surface area (Å²) in [6.45, 7) is 2.54. The van der Waals surface area contributed by atoms with Gasteiger partial charge in [0, 0.05) is 0 Å². The van der Waals surface area contributed by atoms with Gasteiger partial charge in [0.1, 0.15) is 0 Å². The molecule has 0 aliphatic heterocycles. The van der Waals surface area contributed by atoms with E-state index in [0.29, 0.717) is 0 Å². The molecule has 0 N–H and O–H groups in total. The van der Waals surface area contributed by atoms with Gasteiger partial charge in [0.25, 0.3) is 0 Å². The highest BCUT2D eigenvalue weighted by Crippen LogP contribution is 2.66. The van der Waals surface area contributed by atoms with E-state index in [1.807, 2.05) is 0 Å². The van der Waals surface area contributed by atoms with Gasteiger partial charge in [-0.3, -0.25) is 0 Å². The van der Waals surface area contributed by atoms with Gasteiger partial charge in [-0.05, 0) is 85.4 Å². The number of rotatable bonds is 0. The molecule has 4 saturated carbocycles. The summed E-state index contributed by atoms with van der Waals surface area (Å²) in [7, 11) is 0. The molecule has 9 unspecified atom stereocenters. The first-order valence-electron chi connectivity index (χ1n) is 7.99. The van der Waals surface area contributed by atoms with Crippen LogP contribution in [0.15, 0.2) is 12.2 Å². The van der Waals surface area contributed by atoms with E-state index >= 15 is 0 Å². The molecule has 0 aromatic carbocycles. The van der Waals surface area contributed by atoms with E-state index in [-0.39, 0.29) is 0 Å². The molecule has 0 spiro atoms. The SMILES string of the molecule is CC1CC2CC1C1CC3C4C=CC(C4)C3CC21. The van der Waals surface area contributed by atoms with Crippen molar-refractivity contribution in [2.45, 2.75) is 39.0 Å². The number of fused-ring (bicyclic) bond motifs is 10. The fourth-order valence-electron chi connectivity index (χ4n) is 7.02. The van der Waals surface area contributed by atoms with Crippen molar-refractivity contribution in [3.8, 4) is 0 Å². The van der Waals surface area contributed by atoms with Crippen LogP contribution in [0.4, 0.5) is 0 Å². The summed E-state index contributed by atoms with van der Waals surface area (Å²) in [4.78, 5) is 0. The van der Waals surface area contributed by atoms with Crippen molar-refractivity contribution < 1.29 is 0 Å². The Morgan fingerprint density at radius 2 is 1.35 bits per heavy atom. The fourth-order valence-corrected chi connectivity index (χ4v) is 7.02. The van der Waals surface area contributed by atoms with E-state index in [1.54, 1.807) is 25.7 Å². The maximum atomic E-state index is 2.57. The zero-order valence-electron chi connectivity index (χ0n) is 10.9. The molecule has 92 valence electrons. The molecule has 0 nitrogen and oxygen atoms in total. The third-order valence-electron chi connectivity index (χ3n) is 7.57. The summed E-state index contributed by atoms with van der Waals surface area (Å²) in [5.74, 6) is 9.87. The van der Waals surface area contributed by atoms with Crippen LogP contribution in [0, 0.1) is 53.3 Å². The molecule has 0 heteroatoms. The van der Waals surface area contributed by atoms with Gasteiger partial charge in [0.05, 0.1) is 0 Å². The van der Waals surface area contributed by atoms with Crippen molar-refractivity contribution >= 4 is 0 Å². The summed E-state index contributed by atoms with van der Waals surface area (Å²) in [6, 6.07) is 0. The van der Waals surface area contributed by atoms with Gasteiger partial charge in [-0.2, -0.15) is 0 Å². The van der Waals surface area contributed by atoms with Gasteiger partial charge < -0.3 is 0 Å². The lowest BCUT2D eigenvalue weighted by molar-refractivity contribution is 0.0456. The second kappa shape index (κ2) is 3.00. The molecule has 9 atom stereocenters. The van der Waals surface area contributed by atoms with E-state index in [2.05, 4.69) is 19.1 Å². The van der Waals surface area contributed by atoms with Crippen LogP contribution in [0.25, 0.3) is 0 Å². The second-order valence-electron chi connectivity index (χ2n) is 7.95. The lowest BCUT2D eigenvalue weighted by Crippen LogP contribution is -2.38. The zero-order valence-corrected chi connectivity index (χ0v) is 10.9. The molecule has 17 heavy (non-hydrogen) atoms. The second-order valence-corrected chi connectivity index (χ2v) is 7.95. The van der Waals surface area contributed by atoms with E-state index in [4.69, 9.17) is 0 Å². The lowest BCUT2D eigenvalue weighted by Gasteiger charge is -2.45. The molecule has 5 rings (SSSR count). The largest absolute Gasteiger partial charge is 0.0848 e. The Bertz CT molecular complexity index is 381. The molecule has 4 bridgehead atoms. The average Bonchev–Trinajstić information content (AvgIpc) is 3.05. The van der Waals surface area contributed by atoms with Crippen molar-refractivity contribution in [2.75, 3.05) is 0 Å². The molecule has 4 fully saturated rings. The van der Waals surface area contributed by atoms with E-state index < -0.39 is 0 Å². The first-order valence-corrected chi connectivity index (χ1v) is 7.99. The minimum atomic E-state index is 1.00. The minimum absolute atomic E-state index is 1.00. The molecular weight excluding hydrogens is 204 g/mol. The highest BCUT2D eigenvalue weighted by molar-refractivity contribution is 5.17. The predicted molar refractivity (Wildman–Crippen MR) is 69.3 cm³/mol. The maximum Gasteiger partial charge on any atom is -0.0196 e.